The summed E-state index contributed by atoms with van der Waals surface area (Å²) in [6, 6.07) is 6.83. The number of anilines is 1. The molecule has 1 heterocycles. The highest BCUT2D eigenvalue weighted by molar-refractivity contribution is 5.81. The Balaban J connectivity index is 2.28. The Morgan fingerprint density at radius 1 is 1.26 bits per heavy atom. The van der Waals surface area contributed by atoms with Crippen molar-refractivity contribution in [1.29, 1.82) is 0 Å². The average Bonchev–Trinajstić information content (AvgIpc) is 2.36. The Kier molecular flexibility index (Phi) is 4.00. The summed E-state index contributed by atoms with van der Waals surface area (Å²) in [7, 11) is 2.18. The molecular formula is C17H26N2. The Bertz CT molecular complexity index is 486. The summed E-state index contributed by atoms with van der Waals surface area (Å²) < 4.78 is 0. The fourth-order valence-corrected chi connectivity index (χ4v) is 2.73. The lowest BCUT2D eigenvalue weighted by Gasteiger charge is -2.40. The first-order valence-electron chi connectivity index (χ1n) is 7.23. The van der Waals surface area contributed by atoms with E-state index in [9.17, 15) is 0 Å². The molecule has 0 saturated carbocycles. The van der Waals surface area contributed by atoms with Crippen LogP contribution < -0.4 is 10.2 Å². The van der Waals surface area contributed by atoms with Crippen LogP contribution in [0.2, 0.25) is 0 Å². The van der Waals surface area contributed by atoms with E-state index in [0.717, 1.165) is 13.1 Å². The lowest BCUT2D eigenvalue weighted by Crippen LogP contribution is -2.42. The van der Waals surface area contributed by atoms with Crippen LogP contribution in [0.3, 0.4) is 0 Å². The summed E-state index contributed by atoms with van der Waals surface area (Å²) in [5.74, 6) is 0. The second-order valence-electron chi connectivity index (χ2n) is 6.07. The van der Waals surface area contributed by atoms with Gasteiger partial charge in [-0.05, 0) is 57.0 Å². The molecule has 1 aromatic carbocycles. The highest BCUT2D eigenvalue weighted by atomic mass is 15.2. The first kappa shape index (κ1) is 14.1. The van der Waals surface area contributed by atoms with Gasteiger partial charge < -0.3 is 10.2 Å². The van der Waals surface area contributed by atoms with Crippen molar-refractivity contribution in [3.8, 4) is 0 Å². The molecule has 0 fully saturated rings. The molecule has 0 bridgehead atoms. The van der Waals surface area contributed by atoms with Crippen molar-refractivity contribution in [1.82, 2.24) is 5.32 Å². The predicted octanol–water partition coefficient (Wildman–Crippen LogP) is 3.82. The van der Waals surface area contributed by atoms with E-state index in [0.29, 0.717) is 0 Å². The third-order valence-corrected chi connectivity index (χ3v) is 4.04. The van der Waals surface area contributed by atoms with E-state index < -0.39 is 0 Å². The summed E-state index contributed by atoms with van der Waals surface area (Å²) in [6.45, 7) is 11.0. The number of hydrogen-bond donors (Lipinski definition) is 1. The molecule has 0 radical (unpaired) electrons. The van der Waals surface area contributed by atoms with Crippen molar-refractivity contribution in [2.45, 2.75) is 46.2 Å². The monoisotopic (exact) mass is 258 g/mol. The molecule has 104 valence electrons. The number of likely N-dealkylation sites (N-methyl/N-ethyl adjacent to an activating group) is 1. The Morgan fingerprint density at radius 3 is 2.68 bits per heavy atom. The molecule has 19 heavy (non-hydrogen) atoms. The van der Waals surface area contributed by atoms with E-state index in [2.05, 4.69) is 69.2 Å². The van der Waals surface area contributed by atoms with Gasteiger partial charge in [0.05, 0.1) is 5.54 Å². The van der Waals surface area contributed by atoms with Gasteiger partial charge in [0, 0.05) is 24.8 Å². The van der Waals surface area contributed by atoms with Gasteiger partial charge in [-0.15, -0.1) is 0 Å². The highest BCUT2D eigenvalue weighted by Gasteiger charge is 2.28. The summed E-state index contributed by atoms with van der Waals surface area (Å²) in [5, 5.41) is 3.47. The van der Waals surface area contributed by atoms with Gasteiger partial charge in [0.1, 0.15) is 0 Å². The average molecular weight is 258 g/mol. The van der Waals surface area contributed by atoms with Gasteiger partial charge in [0.2, 0.25) is 0 Å². The molecular weight excluding hydrogens is 232 g/mol. The van der Waals surface area contributed by atoms with Gasteiger partial charge in [-0.25, -0.2) is 0 Å². The molecule has 0 aliphatic carbocycles. The number of nitrogens with zero attached hydrogens (tertiary/aromatic N) is 1. The highest BCUT2D eigenvalue weighted by Crippen LogP contribution is 2.38. The largest absolute Gasteiger partial charge is 0.366 e. The summed E-state index contributed by atoms with van der Waals surface area (Å²) in [6.07, 6.45) is 3.54. The number of hydrogen-bond acceptors (Lipinski definition) is 2. The van der Waals surface area contributed by atoms with E-state index in [4.69, 9.17) is 0 Å². The molecule has 2 nitrogen and oxygen atoms in total. The number of nitrogens with one attached hydrogen (secondary N) is 1. The lowest BCUT2D eigenvalue weighted by atomic mass is 9.88. The van der Waals surface area contributed by atoms with Gasteiger partial charge in [-0.1, -0.05) is 19.1 Å². The molecule has 0 aromatic heterocycles. The zero-order valence-corrected chi connectivity index (χ0v) is 12.9. The number of allylic oxidation sites excluding steroid dienone is 1. The lowest BCUT2D eigenvalue weighted by molar-refractivity contribution is 0.597. The third-order valence-electron chi connectivity index (χ3n) is 4.04. The third kappa shape index (κ3) is 2.84. The first-order valence-corrected chi connectivity index (χ1v) is 7.23. The second kappa shape index (κ2) is 5.38. The first-order chi connectivity index (χ1) is 8.95. The van der Waals surface area contributed by atoms with E-state index >= 15 is 0 Å². The maximum Gasteiger partial charge on any atom is 0.0531 e. The fraction of sp³-hybridized carbons (Fsp3) is 0.529. The Labute approximate surface area is 117 Å². The van der Waals surface area contributed by atoms with E-state index in [-0.39, 0.29) is 5.54 Å². The molecule has 0 atom stereocenters. The topological polar surface area (TPSA) is 15.3 Å². The minimum atomic E-state index is 0.0963. The van der Waals surface area contributed by atoms with Crippen molar-refractivity contribution < 1.29 is 0 Å². The summed E-state index contributed by atoms with van der Waals surface area (Å²) in [4.78, 5) is 2.36. The van der Waals surface area contributed by atoms with Crippen LogP contribution in [0.15, 0.2) is 24.3 Å². The second-order valence-corrected chi connectivity index (χ2v) is 6.07. The molecule has 2 rings (SSSR count). The number of fused-ring (bicyclic) bond motifs is 1. The molecule has 0 spiro atoms. The molecule has 0 amide bonds. The van der Waals surface area contributed by atoms with Gasteiger partial charge in [-0.3, -0.25) is 0 Å². The van der Waals surface area contributed by atoms with E-state index in [1.54, 1.807) is 0 Å². The van der Waals surface area contributed by atoms with Crippen LogP contribution in [0.1, 0.15) is 45.2 Å². The van der Waals surface area contributed by atoms with Crippen molar-refractivity contribution >= 4 is 11.3 Å². The SMILES string of the molecule is CCCNCc1ccc2c(c1)C(C)=CC(C)(C)N2C. The van der Waals surface area contributed by atoms with Crippen molar-refractivity contribution in [3.05, 3.63) is 35.4 Å². The van der Waals surface area contributed by atoms with Crippen molar-refractivity contribution in [2.24, 2.45) is 0 Å². The fourth-order valence-electron chi connectivity index (χ4n) is 2.73. The standard InChI is InChI=1S/C17H26N2/c1-6-9-18-12-14-7-8-16-15(10-14)13(2)11-17(3,4)19(16)5/h7-8,10-11,18H,6,9,12H2,1-5H3. The van der Waals surface area contributed by atoms with E-state index in [1.165, 1.54) is 28.8 Å². The smallest absolute Gasteiger partial charge is 0.0531 e. The number of benzene rings is 1. The number of rotatable bonds is 4. The zero-order chi connectivity index (χ0) is 14.0. The molecule has 1 aromatic rings. The van der Waals surface area contributed by atoms with Crippen LogP contribution in [-0.4, -0.2) is 19.1 Å². The van der Waals surface area contributed by atoms with Gasteiger partial charge in [-0.2, -0.15) is 0 Å². The molecule has 2 heteroatoms. The maximum absolute atomic E-state index is 3.47. The van der Waals surface area contributed by atoms with Crippen LogP contribution in [0.25, 0.3) is 5.57 Å². The van der Waals surface area contributed by atoms with Crippen LogP contribution >= 0.6 is 0 Å². The molecule has 0 unspecified atom stereocenters. The minimum absolute atomic E-state index is 0.0963. The molecule has 1 aliphatic heterocycles. The van der Waals surface area contributed by atoms with Gasteiger partial charge in [0.25, 0.3) is 0 Å². The predicted molar refractivity (Wildman–Crippen MR) is 84.6 cm³/mol. The van der Waals surface area contributed by atoms with Crippen molar-refractivity contribution in [3.63, 3.8) is 0 Å². The Morgan fingerprint density at radius 2 is 2.00 bits per heavy atom. The maximum atomic E-state index is 3.47. The minimum Gasteiger partial charge on any atom is -0.366 e. The summed E-state index contributed by atoms with van der Waals surface area (Å²) >= 11 is 0. The van der Waals surface area contributed by atoms with Crippen molar-refractivity contribution in [2.75, 3.05) is 18.5 Å². The summed E-state index contributed by atoms with van der Waals surface area (Å²) in [5.41, 5.74) is 5.56. The van der Waals surface area contributed by atoms with Crippen LogP contribution in [-0.2, 0) is 6.54 Å². The van der Waals surface area contributed by atoms with Crippen LogP contribution in [0.4, 0.5) is 5.69 Å². The van der Waals surface area contributed by atoms with Crippen LogP contribution in [0, 0.1) is 0 Å². The molecule has 1 N–H and O–H groups in total. The van der Waals surface area contributed by atoms with Crippen LogP contribution in [0.5, 0.6) is 0 Å². The van der Waals surface area contributed by atoms with Gasteiger partial charge >= 0.3 is 0 Å². The zero-order valence-electron chi connectivity index (χ0n) is 12.9. The normalized spacial score (nSPS) is 17.1. The Hall–Kier alpha value is -1.28. The van der Waals surface area contributed by atoms with E-state index in [1.807, 2.05) is 0 Å². The van der Waals surface area contributed by atoms with Gasteiger partial charge in [0.15, 0.2) is 0 Å². The molecule has 1 aliphatic rings. The quantitative estimate of drug-likeness (QED) is 0.826. The molecule has 0 saturated heterocycles.